The van der Waals surface area contributed by atoms with E-state index in [1.807, 2.05) is 13.8 Å². The largest absolute Gasteiger partial charge is 0.491 e. The van der Waals surface area contributed by atoms with Gasteiger partial charge in [-0.3, -0.25) is 5.32 Å². The second kappa shape index (κ2) is 9.20. The number of amides is 2. The first-order chi connectivity index (χ1) is 14.0. The molecule has 154 valence electrons. The summed E-state index contributed by atoms with van der Waals surface area (Å²) < 4.78 is 17.4. The third-order valence-corrected chi connectivity index (χ3v) is 3.93. The number of methoxy groups -OCH3 is 2. The van der Waals surface area contributed by atoms with Crippen LogP contribution in [0.4, 0.5) is 10.6 Å². The molecule has 10 heteroatoms. The summed E-state index contributed by atoms with van der Waals surface area (Å²) in [5.74, 6) is 1.31. The second-order valence-corrected chi connectivity index (χ2v) is 6.38. The van der Waals surface area contributed by atoms with Crippen molar-refractivity contribution in [3.05, 3.63) is 30.6 Å². The topological polar surface area (TPSA) is 112 Å². The van der Waals surface area contributed by atoms with E-state index >= 15 is 0 Å². The van der Waals surface area contributed by atoms with E-state index in [0.717, 1.165) is 5.56 Å². The van der Waals surface area contributed by atoms with Crippen molar-refractivity contribution in [2.24, 2.45) is 0 Å². The van der Waals surface area contributed by atoms with Crippen LogP contribution >= 0.6 is 0 Å². The third-order valence-electron chi connectivity index (χ3n) is 3.93. The maximum absolute atomic E-state index is 12.0. The summed E-state index contributed by atoms with van der Waals surface area (Å²) in [6, 6.07) is 4.93. The molecule has 29 heavy (non-hydrogen) atoms. The lowest BCUT2D eigenvalue weighted by Gasteiger charge is -2.08. The van der Waals surface area contributed by atoms with Gasteiger partial charge in [-0.1, -0.05) is 0 Å². The lowest BCUT2D eigenvalue weighted by molar-refractivity contribution is 0.0820. The molecule has 3 heterocycles. The van der Waals surface area contributed by atoms with Crippen LogP contribution in [0.2, 0.25) is 0 Å². The van der Waals surface area contributed by atoms with Crippen molar-refractivity contribution >= 4 is 17.5 Å². The van der Waals surface area contributed by atoms with E-state index in [0.29, 0.717) is 41.9 Å². The van der Waals surface area contributed by atoms with Gasteiger partial charge in [0, 0.05) is 30.6 Å². The van der Waals surface area contributed by atoms with Gasteiger partial charge in [-0.2, -0.15) is 0 Å². The fourth-order valence-electron chi connectivity index (χ4n) is 2.59. The molecule has 0 aromatic carbocycles. The Labute approximate surface area is 168 Å². The van der Waals surface area contributed by atoms with Crippen LogP contribution in [0.1, 0.15) is 13.8 Å². The molecule has 10 nitrogen and oxygen atoms in total. The predicted molar refractivity (Wildman–Crippen MR) is 107 cm³/mol. The van der Waals surface area contributed by atoms with Gasteiger partial charge in [-0.25, -0.2) is 19.3 Å². The van der Waals surface area contributed by atoms with Crippen LogP contribution in [0.25, 0.3) is 16.9 Å². The normalized spacial score (nSPS) is 10.9. The average Bonchev–Trinajstić information content (AvgIpc) is 3.11. The molecule has 0 radical (unpaired) electrons. The minimum Gasteiger partial charge on any atom is -0.491 e. The standard InChI is InChI=1S/C19H24N6O4/c1-12(2)29-8-6-20-19(26)23-16-10-17-22-14(5-7-25(17)24-16)13-9-15(27-3)18(28-4)21-11-13/h5,7,9-12H,6,8H2,1-4H3,(H2,20,23,24,26). The number of nitrogens with zero attached hydrogens (tertiary/aromatic N) is 4. The molecule has 0 fully saturated rings. The Morgan fingerprint density at radius 2 is 2.07 bits per heavy atom. The first-order valence-corrected chi connectivity index (χ1v) is 9.11. The number of nitrogens with one attached hydrogen (secondary N) is 2. The SMILES string of the molecule is COc1cc(-c2ccn3nc(NC(=O)NCCOC(C)C)cc3n2)cnc1OC. The molecular weight excluding hydrogens is 376 g/mol. The minimum atomic E-state index is -0.356. The molecule has 3 aromatic heterocycles. The predicted octanol–water partition coefficient (Wildman–Crippen LogP) is 2.36. The zero-order chi connectivity index (χ0) is 20.8. The molecule has 0 aliphatic rings. The molecule has 0 saturated heterocycles. The van der Waals surface area contributed by atoms with Crippen molar-refractivity contribution in [1.29, 1.82) is 0 Å². The van der Waals surface area contributed by atoms with Gasteiger partial charge in [0.2, 0.25) is 0 Å². The van der Waals surface area contributed by atoms with Crippen LogP contribution < -0.4 is 20.1 Å². The molecule has 0 saturated carbocycles. The molecule has 2 amide bonds. The van der Waals surface area contributed by atoms with Crippen molar-refractivity contribution in [3.8, 4) is 22.9 Å². The van der Waals surface area contributed by atoms with E-state index in [9.17, 15) is 4.79 Å². The maximum Gasteiger partial charge on any atom is 0.320 e. The number of carbonyl (C=O) groups is 1. The van der Waals surface area contributed by atoms with Crippen molar-refractivity contribution < 1.29 is 19.0 Å². The molecule has 0 aliphatic carbocycles. The van der Waals surface area contributed by atoms with E-state index < -0.39 is 0 Å². The number of anilines is 1. The first-order valence-electron chi connectivity index (χ1n) is 9.11. The van der Waals surface area contributed by atoms with Gasteiger partial charge in [0.15, 0.2) is 17.2 Å². The number of hydrogen-bond acceptors (Lipinski definition) is 7. The maximum atomic E-state index is 12.0. The van der Waals surface area contributed by atoms with Gasteiger partial charge >= 0.3 is 6.03 Å². The van der Waals surface area contributed by atoms with Gasteiger partial charge < -0.3 is 19.5 Å². The van der Waals surface area contributed by atoms with E-state index in [2.05, 4.69) is 25.7 Å². The van der Waals surface area contributed by atoms with Crippen LogP contribution in [0.5, 0.6) is 11.6 Å². The highest BCUT2D eigenvalue weighted by molar-refractivity contribution is 5.88. The Kier molecular flexibility index (Phi) is 6.45. The van der Waals surface area contributed by atoms with Crippen molar-refractivity contribution in [3.63, 3.8) is 0 Å². The smallest absolute Gasteiger partial charge is 0.320 e. The summed E-state index contributed by atoms with van der Waals surface area (Å²) >= 11 is 0. The molecule has 3 rings (SSSR count). The van der Waals surface area contributed by atoms with E-state index in [1.165, 1.54) is 7.11 Å². The average molecular weight is 400 g/mol. The summed E-state index contributed by atoms with van der Waals surface area (Å²) in [5.41, 5.74) is 2.03. The van der Waals surface area contributed by atoms with Gasteiger partial charge in [0.25, 0.3) is 5.88 Å². The van der Waals surface area contributed by atoms with Crippen molar-refractivity contribution in [2.45, 2.75) is 20.0 Å². The van der Waals surface area contributed by atoms with Crippen LogP contribution in [-0.2, 0) is 4.74 Å². The lowest BCUT2D eigenvalue weighted by Crippen LogP contribution is -2.32. The minimum absolute atomic E-state index is 0.124. The number of pyridine rings is 1. The van der Waals surface area contributed by atoms with Crippen LogP contribution in [0.15, 0.2) is 30.6 Å². The third kappa shape index (κ3) is 5.11. The number of carbonyl (C=O) groups excluding carboxylic acids is 1. The van der Waals surface area contributed by atoms with Crippen LogP contribution in [0.3, 0.4) is 0 Å². The summed E-state index contributed by atoms with van der Waals surface area (Å²) in [6.07, 6.45) is 3.54. The summed E-state index contributed by atoms with van der Waals surface area (Å²) in [6.45, 7) is 4.73. The molecule has 0 bridgehead atoms. The monoisotopic (exact) mass is 400 g/mol. The van der Waals surface area contributed by atoms with Gasteiger partial charge in [0.05, 0.1) is 32.6 Å². The van der Waals surface area contributed by atoms with Gasteiger partial charge in [-0.05, 0) is 26.0 Å². The van der Waals surface area contributed by atoms with Crippen LogP contribution in [-0.4, -0.2) is 59.1 Å². The zero-order valence-corrected chi connectivity index (χ0v) is 16.8. The van der Waals surface area contributed by atoms with Crippen molar-refractivity contribution in [1.82, 2.24) is 24.9 Å². The second-order valence-electron chi connectivity index (χ2n) is 6.38. The first kappa shape index (κ1) is 20.3. The number of urea groups is 1. The molecule has 0 aliphatic heterocycles. The highest BCUT2D eigenvalue weighted by Gasteiger charge is 2.11. The fraction of sp³-hybridized carbons (Fsp3) is 0.368. The Bertz CT molecular complexity index is 988. The van der Waals surface area contributed by atoms with E-state index in [4.69, 9.17) is 14.2 Å². The van der Waals surface area contributed by atoms with E-state index in [1.54, 1.807) is 42.2 Å². The van der Waals surface area contributed by atoms with E-state index in [-0.39, 0.29) is 12.1 Å². The Hall–Kier alpha value is -3.40. The Morgan fingerprint density at radius 1 is 1.24 bits per heavy atom. The zero-order valence-electron chi connectivity index (χ0n) is 16.8. The Balaban J connectivity index is 1.71. The highest BCUT2D eigenvalue weighted by atomic mass is 16.5. The number of aromatic nitrogens is 4. The number of rotatable bonds is 8. The number of hydrogen-bond donors (Lipinski definition) is 2. The summed E-state index contributed by atoms with van der Waals surface area (Å²) in [7, 11) is 3.08. The molecule has 3 aromatic rings. The Morgan fingerprint density at radius 3 is 2.79 bits per heavy atom. The van der Waals surface area contributed by atoms with Gasteiger partial charge in [-0.15, -0.1) is 5.10 Å². The molecule has 0 spiro atoms. The lowest BCUT2D eigenvalue weighted by atomic mass is 10.2. The molecule has 2 N–H and O–H groups in total. The highest BCUT2D eigenvalue weighted by Crippen LogP contribution is 2.29. The summed E-state index contributed by atoms with van der Waals surface area (Å²) in [5, 5.41) is 9.69. The summed E-state index contributed by atoms with van der Waals surface area (Å²) in [4.78, 5) is 20.8. The fourth-order valence-corrected chi connectivity index (χ4v) is 2.59. The number of fused-ring (bicyclic) bond motifs is 1. The molecular formula is C19H24N6O4. The quantitative estimate of drug-likeness (QED) is 0.558. The van der Waals surface area contributed by atoms with Crippen molar-refractivity contribution in [2.75, 3.05) is 32.7 Å². The van der Waals surface area contributed by atoms with Crippen LogP contribution in [0, 0.1) is 0 Å². The molecule has 0 unspecified atom stereocenters. The number of ether oxygens (including phenoxy) is 3. The van der Waals surface area contributed by atoms with Gasteiger partial charge in [0.1, 0.15) is 0 Å². The molecule has 0 atom stereocenters.